The molecule has 0 aliphatic heterocycles. The molecule has 0 fully saturated rings. The molecule has 0 amide bonds. The van der Waals surface area contributed by atoms with E-state index in [1.54, 1.807) is 30.3 Å². The van der Waals surface area contributed by atoms with Gasteiger partial charge in [-0.2, -0.15) is 5.26 Å². The third kappa shape index (κ3) is 2.54. The highest BCUT2D eigenvalue weighted by molar-refractivity contribution is 9.11. The number of halogens is 2. The van der Waals surface area contributed by atoms with E-state index < -0.39 is 0 Å². The van der Waals surface area contributed by atoms with Gasteiger partial charge in [0.2, 0.25) is 5.88 Å². The third-order valence-corrected chi connectivity index (χ3v) is 4.18. The number of benzene rings is 2. The molecule has 1 heterocycles. The number of nitrogens with zero attached hydrogens (tertiary/aromatic N) is 1. The minimum absolute atomic E-state index is 0.164. The Kier molecular flexibility index (Phi) is 3.77. The fraction of sp³-hybridized carbons (Fsp3) is 0. The van der Waals surface area contributed by atoms with Crippen molar-refractivity contribution >= 4 is 48.5 Å². The van der Waals surface area contributed by atoms with E-state index in [1.165, 1.54) is 0 Å². The summed E-state index contributed by atoms with van der Waals surface area (Å²) in [6, 6.07) is 12.1. The van der Waals surface area contributed by atoms with Crippen LogP contribution in [0, 0.1) is 11.3 Å². The molecule has 1 aromatic heterocycles. The second-order valence-corrected chi connectivity index (χ2v) is 6.54. The number of nitriles is 1. The largest absolute Gasteiger partial charge is 0.494 e. The number of aromatic nitrogens is 1. The van der Waals surface area contributed by atoms with Gasteiger partial charge in [0.1, 0.15) is 0 Å². The average Bonchev–Trinajstić information content (AvgIpc) is 2.80. The molecule has 108 valence electrons. The summed E-state index contributed by atoms with van der Waals surface area (Å²) < 4.78 is 1.50. The molecule has 2 N–H and O–H groups in total. The maximum atomic E-state index is 12.7. The van der Waals surface area contributed by atoms with Crippen LogP contribution in [0.2, 0.25) is 0 Å². The van der Waals surface area contributed by atoms with Gasteiger partial charge in [0, 0.05) is 25.4 Å². The highest BCUT2D eigenvalue weighted by Crippen LogP contribution is 2.31. The summed E-state index contributed by atoms with van der Waals surface area (Å²) in [5, 5.41) is 19.6. The van der Waals surface area contributed by atoms with Gasteiger partial charge in [-0.3, -0.25) is 4.79 Å². The lowest BCUT2D eigenvalue weighted by Crippen LogP contribution is -2.01. The Balaban J connectivity index is 2.22. The van der Waals surface area contributed by atoms with Gasteiger partial charge >= 0.3 is 0 Å². The summed E-state index contributed by atoms with van der Waals surface area (Å²) in [4.78, 5) is 15.5. The Morgan fingerprint density at radius 3 is 2.45 bits per heavy atom. The standard InChI is InChI=1S/C16H8Br2N2O2/c17-10-4-9(5-11(18)6-10)15(21)14-12-3-8(7-19)1-2-13(12)20-16(14)22/h1-6,20,22H. The second kappa shape index (κ2) is 5.59. The Morgan fingerprint density at radius 1 is 1.14 bits per heavy atom. The number of carbonyl (C=O) groups is 1. The summed E-state index contributed by atoms with van der Waals surface area (Å²) in [5.41, 5.74) is 1.63. The Bertz CT molecular complexity index is 934. The van der Waals surface area contributed by atoms with Crippen LogP contribution in [0.1, 0.15) is 21.5 Å². The molecule has 0 saturated carbocycles. The number of nitrogens with one attached hydrogen (secondary N) is 1. The molecular formula is C16H8Br2N2O2. The molecule has 2 aromatic carbocycles. The van der Waals surface area contributed by atoms with Crippen molar-refractivity contribution in [3.05, 3.63) is 62.0 Å². The average molecular weight is 420 g/mol. The summed E-state index contributed by atoms with van der Waals surface area (Å²) in [5.74, 6) is -0.521. The molecule has 0 aliphatic rings. The van der Waals surface area contributed by atoms with Crippen molar-refractivity contribution in [3.63, 3.8) is 0 Å². The molecular weight excluding hydrogens is 412 g/mol. The van der Waals surface area contributed by atoms with Crippen LogP contribution >= 0.6 is 31.9 Å². The maximum Gasteiger partial charge on any atom is 0.200 e. The molecule has 0 saturated heterocycles. The fourth-order valence-electron chi connectivity index (χ4n) is 2.31. The van der Waals surface area contributed by atoms with E-state index in [9.17, 15) is 9.90 Å². The molecule has 4 nitrogen and oxygen atoms in total. The van der Waals surface area contributed by atoms with Crippen molar-refractivity contribution in [2.75, 3.05) is 0 Å². The van der Waals surface area contributed by atoms with Crippen LogP contribution in [0.3, 0.4) is 0 Å². The SMILES string of the molecule is N#Cc1ccc2[nH]c(O)c(C(=O)c3cc(Br)cc(Br)c3)c2c1. The summed E-state index contributed by atoms with van der Waals surface area (Å²) in [6.45, 7) is 0. The van der Waals surface area contributed by atoms with E-state index in [2.05, 4.69) is 36.8 Å². The lowest BCUT2D eigenvalue weighted by molar-refractivity contribution is 0.103. The van der Waals surface area contributed by atoms with Crippen molar-refractivity contribution in [2.45, 2.75) is 0 Å². The summed E-state index contributed by atoms with van der Waals surface area (Å²) in [6.07, 6.45) is 0. The van der Waals surface area contributed by atoms with Crippen molar-refractivity contribution in [1.29, 1.82) is 5.26 Å². The third-order valence-electron chi connectivity index (χ3n) is 3.26. The first-order chi connectivity index (χ1) is 10.5. The number of H-pyrrole nitrogens is 1. The van der Waals surface area contributed by atoms with Gasteiger partial charge in [0.25, 0.3) is 0 Å². The van der Waals surface area contributed by atoms with Gasteiger partial charge in [0.15, 0.2) is 5.78 Å². The first-order valence-electron chi connectivity index (χ1n) is 6.25. The van der Waals surface area contributed by atoms with Crippen molar-refractivity contribution in [2.24, 2.45) is 0 Å². The normalized spacial score (nSPS) is 10.6. The number of fused-ring (bicyclic) bond motifs is 1. The second-order valence-electron chi connectivity index (χ2n) is 4.71. The minimum Gasteiger partial charge on any atom is -0.494 e. The predicted octanol–water partition coefficient (Wildman–Crippen LogP) is 4.50. The topological polar surface area (TPSA) is 76.9 Å². The van der Waals surface area contributed by atoms with Crippen molar-refractivity contribution < 1.29 is 9.90 Å². The lowest BCUT2D eigenvalue weighted by Gasteiger charge is -2.03. The predicted molar refractivity (Wildman–Crippen MR) is 90.0 cm³/mol. The first-order valence-corrected chi connectivity index (χ1v) is 7.84. The Labute approximate surface area is 142 Å². The first kappa shape index (κ1) is 14.8. The molecule has 0 spiro atoms. The van der Waals surface area contributed by atoms with Crippen LogP contribution in [0.15, 0.2) is 45.3 Å². The zero-order chi connectivity index (χ0) is 15.9. The molecule has 0 unspecified atom stereocenters. The van der Waals surface area contributed by atoms with Crippen LogP contribution in [-0.4, -0.2) is 15.9 Å². The number of hydrogen-bond donors (Lipinski definition) is 2. The highest BCUT2D eigenvalue weighted by Gasteiger charge is 2.20. The van der Waals surface area contributed by atoms with Gasteiger partial charge in [-0.05, 0) is 36.4 Å². The highest BCUT2D eigenvalue weighted by atomic mass is 79.9. The number of rotatable bonds is 2. The van der Waals surface area contributed by atoms with Gasteiger partial charge in [-0.1, -0.05) is 31.9 Å². The number of ketones is 1. The lowest BCUT2D eigenvalue weighted by atomic mass is 10.0. The zero-order valence-corrected chi connectivity index (χ0v) is 14.2. The quantitative estimate of drug-likeness (QED) is 0.600. The van der Waals surface area contributed by atoms with Crippen LogP contribution in [-0.2, 0) is 0 Å². The van der Waals surface area contributed by atoms with Crippen LogP contribution in [0.25, 0.3) is 10.9 Å². The van der Waals surface area contributed by atoms with Crippen LogP contribution < -0.4 is 0 Å². The van der Waals surface area contributed by atoms with Gasteiger partial charge in [0.05, 0.1) is 17.2 Å². The van der Waals surface area contributed by atoms with Gasteiger partial charge in [-0.25, -0.2) is 0 Å². The molecule has 3 rings (SSSR count). The van der Waals surface area contributed by atoms with Crippen LogP contribution in [0.4, 0.5) is 0 Å². The van der Waals surface area contributed by atoms with Gasteiger partial charge < -0.3 is 10.1 Å². The number of hydrogen-bond acceptors (Lipinski definition) is 3. The van der Waals surface area contributed by atoms with Crippen molar-refractivity contribution in [1.82, 2.24) is 4.98 Å². The monoisotopic (exact) mass is 418 g/mol. The molecule has 0 bridgehead atoms. The minimum atomic E-state index is -0.319. The Morgan fingerprint density at radius 2 is 1.82 bits per heavy atom. The number of aromatic hydroxyl groups is 1. The molecule has 22 heavy (non-hydrogen) atoms. The molecule has 0 aliphatic carbocycles. The van der Waals surface area contributed by atoms with Crippen molar-refractivity contribution in [3.8, 4) is 11.9 Å². The van der Waals surface area contributed by atoms with E-state index in [0.29, 0.717) is 22.0 Å². The van der Waals surface area contributed by atoms with E-state index in [0.717, 1.165) is 8.95 Å². The molecule has 3 aromatic rings. The summed E-state index contributed by atoms with van der Waals surface area (Å²) in [7, 11) is 0. The smallest absolute Gasteiger partial charge is 0.200 e. The number of aromatic amines is 1. The van der Waals surface area contributed by atoms with E-state index in [4.69, 9.17) is 5.26 Å². The molecule has 6 heteroatoms. The van der Waals surface area contributed by atoms with E-state index in [-0.39, 0.29) is 17.2 Å². The zero-order valence-electron chi connectivity index (χ0n) is 11.0. The fourth-order valence-corrected chi connectivity index (χ4v) is 3.60. The molecule has 0 radical (unpaired) electrons. The molecule has 0 atom stereocenters. The maximum absolute atomic E-state index is 12.7. The van der Waals surface area contributed by atoms with Gasteiger partial charge in [-0.15, -0.1) is 0 Å². The number of carbonyl (C=O) groups excluding carboxylic acids is 1. The summed E-state index contributed by atoms with van der Waals surface area (Å²) >= 11 is 6.68. The van der Waals surface area contributed by atoms with Crippen LogP contribution in [0.5, 0.6) is 5.88 Å². The van der Waals surface area contributed by atoms with E-state index in [1.807, 2.05) is 12.1 Å². The van der Waals surface area contributed by atoms with E-state index >= 15 is 0 Å². The Hall–Kier alpha value is -2.10.